The zero-order valence-electron chi connectivity index (χ0n) is 8.31. The van der Waals surface area contributed by atoms with Gasteiger partial charge in [0.25, 0.3) is 0 Å². The lowest BCUT2D eigenvalue weighted by Gasteiger charge is -2.45. The van der Waals surface area contributed by atoms with Gasteiger partial charge in [-0.15, -0.1) is 0 Å². The van der Waals surface area contributed by atoms with E-state index in [9.17, 15) is 15.1 Å². The predicted octanol–water partition coefficient (Wildman–Crippen LogP) is 0.622. The number of amides is 2. The number of carbonyl (C=O) groups excluding carboxylic acids is 1. The summed E-state index contributed by atoms with van der Waals surface area (Å²) in [6.45, 7) is 0.546. The minimum Gasteiger partial charge on any atom is -0.370 e. The minimum atomic E-state index is -1.03. The van der Waals surface area contributed by atoms with Crippen LogP contribution in [0.15, 0.2) is 0 Å². The number of rotatable bonds is 0. The Morgan fingerprint density at radius 1 is 1.43 bits per heavy atom. The van der Waals surface area contributed by atoms with Gasteiger partial charge in [-0.1, -0.05) is 12.8 Å². The lowest BCUT2D eigenvalue weighted by Crippen LogP contribution is -2.61. The van der Waals surface area contributed by atoms with Crippen LogP contribution in [0.25, 0.3) is 0 Å². The van der Waals surface area contributed by atoms with Gasteiger partial charge >= 0.3 is 6.03 Å². The number of aliphatic hydroxyl groups excluding tert-OH is 1. The molecule has 0 aromatic heterocycles. The first-order valence-corrected chi connectivity index (χ1v) is 4.98. The van der Waals surface area contributed by atoms with Crippen molar-refractivity contribution in [3.63, 3.8) is 0 Å². The van der Waals surface area contributed by atoms with Crippen molar-refractivity contribution in [3.05, 3.63) is 0 Å². The van der Waals surface area contributed by atoms with Crippen LogP contribution in [0.1, 0.15) is 25.7 Å². The number of nitrogens with zero attached hydrogens (tertiary/aromatic N) is 2. The van der Waals surface area contributed by atoms with E-state index in [0.29, 0.717) is 11.6 Å². The maximum atomic E-state index is 11.3. The minimum absolute atomic E-state index is 0.308. The molecule has 80 valence electrons. The molecule has 1 saturated heterocycles. The summed E-state index contributed by atoms with van der Waals surface area (Å²) in [6, 6.07) is -0.518. The Bertz CT molecular complexity index is 250. The van der Waals surface area contributed by atoms with Gasteiger partial charge in [0.15, 0.2) is 6.23 Å². The Balaban J connectivity index is 2.23. The monoisotopic (exact) mass is 200 g/mol. The molecule has 5 heteroatoms. The molecule has 0 aromatic rings. The molecular formula is C9H16N2O3. The van der Waals surface area contributed by atoms with Crippen molar-refractivity contribution < 1.29 is 15.1 Å². The van der Waals surface area contributed by atoms with E-state index in [4.69, 9.17) is 0 Å². The van der Waals surface area contributed by atoms with Gasteiger partial charge in [-0.2, -0.15) is 5.06 Å². The van der Waals surface area contributed by atoms with E-state index in [1.54, 1.807) is 7.05 Å². The van der Waals surface area contributed by atoms with Crippen molar-refractivity contribution in [2.75, 3.05) is 13.6 Å². The summed E-state index contributed by atoms with van der Waals surface area (Å²) in [5.41, 5.74) is -0.308. The summed E-state index contributed by atoms with van der Waals surface area (Å²) < 4.78 is 0. The average Bonchev–Trinajstić information content (AvgIpc) is 2.62. The molecular weight excluding hydrogens is 184 g/mol. The fourth-order valence-electron chi connectivity index (χ4n) is 2.66. The highest BCUT2D eigenvalue weighted by Gasteiger charge is 2.50. The molecule has 0 aromatic carbocycles. The second-order valence-corrected chi connectivity index (χ2v) is 4.43. The van der Waals surface area contributed by atoms with Crippen LogP contribution in [-0.2, 0) is 0 Å². The predicted molar refractivity (Wildman–Crippen MR) is 48.6 cm³/mol. The molecule has 1 saturated carbocycles. The molecule has 5 nitrogen and oxygen atoms in total. The van der Waals surface area contributed by atoms with Gasteiger partial charge in [-0.05, 0) is 12.8 Å². The average molecular weight is 200 g/mol. The fourth-order valence-corrected chi connectivity index (χ4v) is 2.66. The molecule has 1 heterocycles. The Labute approximate surface area is 82.9 Å². The third-order valence-corrected chi connectivity index (χ3v) is 3.45. The number of urea groups is 1. The van der Waals surface area contributed by atoms with Gasteiger partial charge in [0.05, 0.1) is 0 Å². The summed E-state index contributed by atoms with van der Waals surface area (Å²) in [5.74, 6) is 0. The van der Waals surface area contributed by atoms with Gasteiger partial charge < -0.3 is 10.0 Å². The van der Waals surface area contributed by atoms with Crippen LogP contribution in [0, 0.1) is 5.41 Å². The Morgan fingerprint density at radius 2 is 2.00 bits per heavy atom. The standard InChI is InChI=1S/C9H16N2O3/c1-10-6-9(4-2-3-5-9)7(12)11(14)8(10)13/h7,12,14H,2-6H2,1H3. The van der Waals surface area contributed by atoms with Crippen LogP contribution in [0.5, 0.6) is 0 Å². The number of hydrogen-bond acceptors (Lipinski definition) is 3. The lowest BCUT2D eigenvalue weighted by atomic mass is 9.82. The molecule has 0 bridgehead atoms. The van der Waals surface area contributed by atoms with E-state index in [-0.39, 0.29) is 5.41 Å². The first-order valence-electron chi connectivity index (χ1n) is 4.98. The molecule has 2 amide bonds. The quantitative estimate of drug-likeness (QED) is 0.563. The second kappa shape index (κ2) is 3.10. The summed E-state index contributed by atoms with van der Waals surface area (Å²) in [6.07, 6.45) is 2.85. The van der Waals surface area contributed by atoms with Gasteiger partial charge in [0.2, 0.25) is 0 Å². The summed E-state index contributed by atoms with van der Waals surface area (Å²) in [4.78, 5) is 12.8. The zero-order valence-corrected chi connectivity index (χ0v) is 8.31. The van der Waals surface area contributed by atoms with Gasteiger partial charge in [-0.3, -0.25) is 5.21 Å². The van der Waals surface area contributed by atoms with E-state index in [1.165, 1.54) is 4.90 Å². The van der Waals surface area contributed by atoms with Crippen LogP contribution in [0.3, 0.4) is 0 Å². The summed E-state index contributed by atoms with van der Waals surface area (Å²) in [7, 11) is 1.65. The molecule has 1 spiro atoms. The van der Waals surface area contributed by atoms with Crippen LogP contribution in [0.2, 0.25) is 0 Å². The van der Waals surface area contributed by atoms with Crippen LogP contribution < -0.4 is 0 Å². The highest BCUT2D eigenvalue weighted by atomic mass is 16.6. The Hall–Kier alpha value is -0.810. The molecule has 2 fully saturated rings. The second-order valence-electron chi connectivity index (χ2n) is 4.43. The SMILES string of the molecule is CN1CC2(CCCC2)C(O)N(O)C1=O. The lowest BCUT2D eigenvalue weighted by molar-refractivity contribution is -0.226. The van der Waals surface area contributed by atoms with Crippen molar-refractivity contribution in [3.8, 4) is 0 Å². The molecule has 1 aliphatic carbocycles. The normalized spacial score (nSPS) is 31.6. The first kappa shape index (κ1) is 9.73. The molecule has 2 aliphatic rings. The van der Waals surface area contributed by atoms with Crippen molar-refractivity contribution in [1.29, 1.82) is 0 Å². The highest BCUT2D eigenvalue weighted by molar-refractivity contribution is 5.74. The topological polar surface area (TPSA) is 64.0 Å². The number of carbonyl (C=O) groups is 1. The largest absolute Gasteiger partial charge is 0.370 e. The van der Waals surface area contributed by atoms with Crippen LogP contribution in [-0.4, -0.2) is 46.1 Å². The van der Waals surface area contributed by atoms with Crippen molar-refractivity contribution in [1.82, 2.24) is 9.96 Å². The number of hydroxylamine groups is 2. The molecule has 1 aliphatic heterocycles. The highest BCUT2D eigenvalue weighted by Crippen LogP contribution is 2.44. The molecule has 0 radical (unpaired) electrons. The number of hydrogen-bond donors (Lipinski definition) is 2. The maximum absolute atomic E-state index is 11.3. The van der Waals surface area contributed by atoms with Crippen molar-refractivity contribution >= 4 is 6.03 Å². The van der Waals surface area contributed by atoms with Gasteiger partial charge in [0.1, 0.15) is 0 Å². The Morgan fingerprint density at radius 3 is 2.57 bits per heavy atom. The summed E-state index contributed by atoms with van der Waals surface area (Å²) in [5, 5.41) is 19.7. The smallest absolute Gasteiger partial charge is 0.346 e. The third-order valence-electron chi connectivity index (χ3n) is 3.45. The van der Waals surface area contributed by atoms with E-state index >= 15 is 0 Å². The van der Waals surface area contributed by atoms with Gasteiger partial charge in [-0.25, -0.2) is 4.79 Å². The van der Waals surface area contributed by atoms with E-state index in [0.717, 1.165) is 25.7 Å². The van der Waals surface area contributed by atoms with E-state index in [2.05, 4.69) is 0 Å². The molecule has 1 atom stereocenters. The first-order chi connectivity index (χ1) is 6.57. The fraction of sp³-hybridized carbons (Fsp3) is 0.889. The molecule has 2 rings (SSSR count). The Kier molecular flexibility index (Phi) is 2.16. The van der Waals surface area contributed by atoms with E-state index in [1.807, 2.05) is 0 Å². The van der Waals surface area contributed by atoms with Crippen LogP contribution >= 0.6 is 0 Å². The van der Waals surface area contributed by atoms with E-state index < -0.39 is 12.3 Å². The third kappa shape index (κ3) is 1.19. The zero-order chi connectivity index (χ0) is 10.3. The van der Waals surface area contributed by atoms with Crippen molar-refractivity contribution in [2.24, 2.45) is 5.41 Å². The van der Waals surface area contributed by atoms with Crippen LogP contribution in [0.4, 0.5) is 4.79 Å². The maximum Gasteiger partial charge on any atom is 0.346 e. The van der Waals surface area contributed by atoms with Gasteiger partial charge in [0, 0.05) is 19.0 Å². The molecule has 1 unspecified atom stereocenters. The summed E-state index contributed by atoms with van der Waals surface area (Å²) >= 11 is 0. The molecule has 2 N–H and O–H groups in total. The molecule has 14 heavy (non-hydrogen) atoms. The van der Waals surface area contributed by atoms with Crippen molar-refractivity contribution in [2.45, 2.75) is 31.9 Å². The number of aliphatic hydroxyl groups is 1.